The molecule has 0 bridgehead atoms. The number of aliphatic hydroxyl groups excluding tert-OH is 1. The number of sulfonamides is 1. The Morgan fingerprint density at radius 3 is 2.59 bits per heavy atom. The van der Waals surface area contributed by atoms with Crippen molar-refractivity contribution >= 4 is 50.5 Å². The molecule has 0 aromatic heterocycles. The third-order valence-electron chi connectivity index (χ3n) is 3.81. The Kier molecular flexibility index (Phi) is 5.82. The summed E-state index contributed by atoms with van der Waals surface area (Å²) in [6.45, 7) is 3.61. The molecule has 2 aliphatic heterocycles. The number of fused-ring (bicyclic) bond motifs is 1. The summed E-state index contributed by atoms with van der Waals surface area (Å²) in [5.41, 5.74) is 0.528. The number of halogens is 1. The number of hydrogen-bond donors (Lipinski definition) is 2. The molecule has 1 aromatic rings. The highest BCUT2D eigenvalue weighted by Crippen LogP contribution is 2.38. The number of thioether (sulfide) groups is 1. The minimum absolute atomic E-state index is 0.0116. The number of nitrogens with one attached hydrogen (secondary N) is 1. The average molecular weight is 446 g/mol. The van der Waals surface area contributed by atoms with E-state index in [9.17, 15) is 13.2 Å². The quantitative estimate of drug-likeness (QED) is 0.566. The van der Waals surface area contributed by atoms with E-state index in [4.69, 9.17) is 16.7 Å². The lowest BCUT2D eigenvalue weighted by Crippen LogP contribution is -2.17. The average Bonchev–Trinajstić information content (AvgIpc) is 2.93. The van der Waals surface area contributed by atoms with Gasteiger partial charge in [0.1, 0.15) is 5.69 Å². The molecule has 0 unspecified atom stereocenters. The van der Waals surface area contributed by atoms with Gasteiger partial charge in [0.15, 0.2) is 5.82 Å². The zero-order valence-electron chi connectivity index (χ0n) is 14.4. The zero-order valence-corrected chi connectivity index (χ0v) is 17.6. The molecule has 0 spiro atoms. The van der Waals surface area contributed by atoms with E-state index in [1.807, 2.05) is 6.92 Å². The zero-order chi connectivity index (χ0) is 19.8. The van der Waals surface area contributed by atoms with E-state index < -0.39 is 15.7 Å². The molecule has 0 saturated carbocycles. The van der Waals surface area contributed by atoms with Crippen molar-refractivity contribution < 1.29 is 13.5 Å². The molecule has 0 radical (unpaired) electrons. The molecule has 3 rings (SSSR count). The summed E-state index contributed by atoms with van der Waals surface area (Å²) in [5.74, 6) is 0.381. The van der Waals surface area contributed by atoms with Crippen LogP contribution in [0.3, 0.4) is 0 Å². The predicted molar refractivity (Wildman–Crippen MR) is 108 cm³/mol. The summed E-state index contributed by atoms with van der Waals surface area (Å²) >= 11 is 8.58. The summed E-state index contributed by atoms with van der Waals surface area (Å²) in [5, 5.41) is 9.55. The number of anilines is 1. The van der Waals surface area contributed by atoms with E-state index in [2.05, 4.69) is 9.71 Å². The van der Waals surface area contributed by atoms with E-state index >= 15 is 0 Å². The highest BCUT2D eigenvalue weighted by molar-refractivity contribution is 8.01. The Balaban J connectivity index is 2.12. The molecule has 2 aliphatic rings. The van der Waals surface area contributed by atoms with E-state index in [1.54, 1.807) is 6.92 Å². The fourth-order valence-corrected chi connectivity index (χ4v) is 5.82. The number of hydrogen-bond acceptors (Lipinski definition) is 7. The van der Waals surface area contributed by atoms with Gasteiger partial charge in [0.25, 0.3) is 10.0 Å². The Labute approximate surface area is 169 Å². The highest BCUT2D eigenvalue weighted by atomic mass is 35.5. The number of benzene rings is 1. The minimum atomic E-state index is -3.95. The van der Waals surface area contributed by atoms with Crippen LogP contribution < -0.4 is 10.4 Å². The molecule has 0 saturated heterocycles. The Hall–Kier alpha value is -1.59. The highest BCUT2D eigenvalue weighted by Gasteiger charge is 2.26. The maximum atomic E-state index is 12.7. The van der Waals surface area contributed by atoms with Crippen LogP contribution in [0, 0.1) is 13.8 Å². The second-order valence-corrected chi connectivity index (χ2v) is 10.3. The number of rotatable bonds is 6. The SMILES string of the molecule is Cc1sc(SCCO)c2c(NS(=O)(=O)c3ccc(Cl)cc3)nc(=O)n-2c1C. The monoisotopic (exact) mass is 445 g/mol. The van der Waals surface area contributed by atoms with Crippen molar-refractivity contribution in [1.82, 2.24) is 9.55 Å². The van der Waals surface area contributed by atoms with Crippen molar-refractivity contribution in [3.8, 4) is 5.69 Å². The topological polar surface area (TPSA) is 101 Å². The molecular formula is C16H16ClN3O4S3. The lowest BCUT2D eigenvalue weighted by Gasteiger charge is -2.15. The molecule has 11 heteroatoms. The van der Waals surface area contributed by atoms with Gasteiger partial charge < -0.3 is 5.11 Å². The molecule has 0 atom stereocenters. The molecule has 0 fully saturated rings. The maximum Gasteiger partial charge on any atom is 0.354 e. The summed E-state index contributed by atoms with van der Waals surface area (Å²) in [6.07, 6.45) is 0. The molecular weight excluding hydrogens is 430 g/mol. The van der Waals surface area contributed by atoms with Gasteiger partial charge in [0.2, 0.25) is 0 Å². The fourth-order valence-electron chi connectivity index (χ4n) is 2.43. The van der Waals surface area contributed by atoms with Crippen molar-refractivity contribution in [1.29, 1.82) is 0 Å². The number of aromatic nitrogens is 2. The molecule has 144 valence electrons. The maximum absolute atomic E-state index is 12.7. The number of aryl methyl sites for hydroxylation is 1. The van der Waals surface area contributed by atoms with Crippen molar-refractivity contribution in [3.63, 3.8) is 0 Å². The first-order valence-electron chi connectivity index (χ1n) is 7.79. The number of imidazole rings is 1. The molecule has 0 aliphatic carbocycles. The Morgan fingerprint density at radius 2 is 1.96 bits per heavy atom. The Bertz CT molecular complexity index is 1110. The van der Waals surface area contributed by atoms with Gasteiger partial charge in [-0.25, -0.2) is 13.2 Å². The van der Waals surface area contributed by atoms with Gasteiger partial charge in [-0.2, -0.15) is 4.98 Å². The lowest BCUT2D eigenvalue weighted by atomic mass is 10.4. The number of nitrogens with zero attached hydrogens (tertiary/aromatic N) is 2. The van der Waals surface area contributed by atoms with Crippen molar-refractivity contribution in [2.24, 2.45) is 0 Å². The largest absolute Gasteiger partial charge is 0.396 e. The molecule has 2 N–H and O–H groups in total. The van der Waals surface area contributed by atoms with E-state index in [0.29, 0.717) is 26.4 Å². The van der Waals surface area contributed by atoms with Crippen LogP contribution in [0.5, 0.6) is 0 Å². The molecule has 7 nitrogen and oxygen atoms in total. The fraction of sp³-hybridized carbons (Fsp3) is 0.250. The van der Waals surface area contributed by atoms with Crippen LogP contribution in [0.15, 0.2) is 38.2 Å². The van der Waals surface area contributed by atoms with Crippen LogP contribution in [0.1, 0.15) is 10.6 Å². The van der Waals surface area contributed by atoms with Crippen LogP contribution in [0.2, 0.25) is 5.02 Å². The van der Waals surface area contributed by atoms with Gasteiger partial charge in [0.05, 0.1) is 15.7 Å². The van der Waals surface area contributed by atoms with Crippen molar-refractivity contribution in [3.05, 3.63) is 50.3 Å². The first-order valence-corrected chi connectivity index (χ1v) is 11.5. The van der Waals surface area contributed by atoms with Gasteiger partial charge in [-0.15, -0.1) is 23.1 Å². The summed E-state index contributed by atoms with van der Waals surface area (Å²) in [7, 11) is -3.95. The molecule has 2 heterocycles. The van der Waals surface area contributed by atoms with E-state index in [0.717, 1.165) is 4.88 Å². The van der Waals surface area contributed by atoms with Crippen molar-refractivity contribution in [2.75, 3.05) is 17.1 Å². The van der Waals surface area contributed by atoms with Crippen LogP contribution in [-0.4, -0.2) is 35.4 Å². The van der Waals surface area contributed by atoms with Crippen LogP contribution >= 0.6 is 34.7 Å². The van der Waals surface area contributed by atoms with Crippen LogP contribution in [0.4, 0.5) is 5.82 Å². The van der Waals surface area contributed by atoms with Crippen LogP contribution in [0.25, 0.3) is 5.69 Å². The van der Waals surface area contributed by atoms with E-state index in [1.165, 1.54) is 51.9 Å². The van der Waals surface area contributed by atoms with Gasteiger partial charge in [-0.05, 0) is 38.1 Å². The van der Waals surface area contributed by atoms with Crippen LogP contribution in [-0.2, 0) is 10.0 Å². The van der Waals surface area contributed by atoms with Gasteiger partial charge in [-0.1, -0.05) is 11.6 Å². The second-order valence-electron chi connectivity index (χ2n) is 5.59. The summed E-state index contributed by atoms with van der Waals surface area (Å²) in [4.78, 5) is 17.2. The predicted octanol–water partition coefficient (Wildman–Crippen LogP) is 2.89. The third-order valence-corrected chi connectivity index (χ3v) is 7.84. The second kappa shape index (κ2) is 7.80. The van der Waals surface area contributed by atoms with E-state index in [-0.39, 0.29) is 17.3 Å². The molecule has 27 heavy (non-hydrogen) atoms. The molecule has 1 aromatic carbocycles. The van der Waals surface area contributed by atoms with Crippen molar-refractivity contribution in [2.45, 2.75) is 23.0 Å². The lowest BCUT2D eigenvalue weighted by molar-refractivity contribution is 0.322. The Morgan fingerprint density at radius 1 is 1.30 bits per heavy atom. The first-order chi connectivity index (χ1) is 12.7. The standard InChI is InChI=1S/C16H16ClN3O4S3/c1-9-10(2)26-15(25-8-7-21)13-14(18-16(22)20(9)13)19-27(23,24)12-5-3-11(17)4-6-12/h3-6,21H,7-8H2,1-2H3,(H,18,19,22). The van der Waals surface area contributed by atoms with Gasteiger partial charge >= 0.3 is 5.69 Å². The number of aliphatic hydroxyl groups is 1. The summed E-state index contributed by atoms with van der Waals surface area (Å²) < 4.78 is 29.9. The minimum Gasteiger partial charge on any atom is -0.396 e. The molecule has 0 amide bonds. The summed E-state index contributed by atoms with van der Waals surface area (Å²) in [6, 6.07) is 5.69. The van der Waals surface area contributed by atoms with Gasteiger partial charge in [0, 0.05) is 21.3 Å². The normalized spacial score (nSPS) is 11.9. The third kappa shape index (κ3) is 3.99. The smallest absolute Gasteiger partial charge is 0.354 e. The first kappa shape index (κ1) is 20.2. The van der Waals surface area contributed by atoms with Gasteiger partial charge in [-0.3, -0.25) is 9.29 Å².